The zero-order valence-corrected chi connectivity index (χ0v) is 12.8. The number of aryl methyl sites for hydroxylation is 1. The lowest BCUT2D eigenvalue weighted by Crippen LogP contribution is -2.39. The van der Waals surface area contributed by atoms with Crippen LogP contribution in [-0.2, 0) is 11.2 Å². The molecule has 0 saturated carbocycles. The van der Waals surface area contributed by atoms with E-state index in [9.17, 15) is 4.79 Å². The monoisotopic (exact) mass is 298 g/mol. The molecular formula is C17H22N4O. The summed E-state index contributed by atoms with van der Waals surface area (Å²) in [5.74, 6) is 0.280. The van der Waals surface area contributed by atoms with E-state index in [1.165, 1.54) is 5.56 Å². The van der Waals surface area contributed by atoms with Gasteiger partial charge in [0.05, 0.1) is 18.4 Å². The number of amides is 1. The summed E-state index contributed by atoms with van der Waals surface area (Å²) in [5.41, 5.74) is 1.30. The SMILES string of the molecule is O=C(CCCc1ccccc1)N1CCC(n2nccn2)CC1. The highest BCUT2D eigenvalue weighted by atomic mass is 16.2. The van der Waals surface area contributed by atoms with Crippen molar-refractivity contribution in [1.82, 2.24) is 19.9 Å². The second-order valence-corrected chi connectivity index (χ2v) is 5.80. The second-order valence-electron chi connectivity index (χ2n) is 5.80. The Hall–Kier alpha value is -2.17. The van der Waals surface area contributed by atoms with Crippen molar-refractivity contribution in [2.45, 2.75) is 38.1 Å². The highest BCUT2D eigenvalue weighted by Gasteiger charge is 2.24. The van der Waals surface area contributed by atoms with Gasteiger partial charge in [-0.3, -0.25) is 4.79 Å². The average molecular weight is 298 g/mol. The number of hydrogen-bond donors (Lipinski definition) is 0. The molecule has 2 heterocycles. The molecule has 0 unspecified atom stereocenters. The van der Waals surface area contributed by atoms with E-state index >= 15 is 0 Å². The molecule has 1 amide bonds. The molecule has 5 nitrogen and oxygen atoms in total. The predicted molar refractivity (Wildman–Crippen MR) is 84.3 cm³/mol. The minimum absolute atomic E-state index is 0.280. The first-order valence-electron chi connectivity index (χ1n) is 8.00. The van der Waals surface area contributed by atoms with Gasteiger partial charge in [0.2, 0.25) is 5.91 Å². The molecule has 0 atom stereocenters. The summed E-state index contributed by atoms with van der Waals surface area (Å²) < 4.78 is 0. The van der Waals surface area contributed by atoms with Crippen LogP contribution in [0.15, 0.2) is 42.7 Å². The van der Waals surface area contributed by atoms with Gasteiger partial charge >= 0.3 is 0 Å². The van der Waals surface area contributed by atoms with Crippen LogP contribution < -0.4 is 0 Å². The van der Waals surface area contributed by atoms with Crippen LogP contribution in [0.4, 0.5) is 0 Å². The third kappa shape index (κ3) is 3.72. The molecule has 3 rings (SSSR count). The van der Waals surface area contributed by atoms with Crippen LogP contribution in [0, 0.1) is 0 Å². The lowest BCUT2D eigenvalue weighted by molar-refractivity contribution is -0.132. The zero-order chi connectivity index (χ0) is 15.2. The maximum atomic E-state index is 12.3. The Bertz CT molecular complexity index is 574. The number of rotatable bonds is 5. The number of likely N-dealkylation sites (tertiary alicyclic amines) is 1. The summed E-state index contributed by atoms with van der Waals surface area (Å²) in [6.45, 7) is 1.63. The van der Waals surface area contributed by atoms with Gasteiger partial charge in [-0.2, -0.15) is 15.0 Å². The van der Waals surface area contributed by atoms with Crippen molar-refractivity contribution in [2.24, 2.45) is 0 Å². The summed E-state index contributed by atoms with van der Waals surface area (Å²) in [4.78, 5) is 16.0. The molecule has 1 aromatic carbocycles. The topological polar surface area (TPSA) is 51.0 Å². The van der Waals surface area contributed by atoms with Crippen molar-refractivity contribution >= 4 is 5.91 Å². The van der Waals surface area contributed by atoms with Gasteiger partial charge in [-0.1, -0.05) is 30.3 Å². The molecule has 0 N–H and O–H groups in total. The van der Waals surface area contributed by atoms with Crippen molar-refractivity contribution in [3.8, 4) is 0 Å². The number of nitrogens with zero attached hydrogens (tertiary/aromatic N) is 4. The zero-order valence-electron chi connectivity index (χ0n) is 12.8. The van der Waals surface area contributed by atoms with Gasteiger partial charge in [-0.15, -0.1) is 0 Å². The van der Waals surface area contributed by atoms with Gasteiger partial charge in [0.1, 0.15) is 0 Å². The fourth-order valence-electron chi connectivity index (χ4n) is 3.01. The summed E-state index contributed by atoms with van der Waals surface area (Å²) in [5, 5.41) is 8.39. The lowest BCUT2D eigenvalue weighted by Gasteiger charge is -2.31. The van der Waals surface area contributed by atoms with Crippen LogP contribution >= 0.6 is 0 Å². The summed E-state index contributed by atoms with van der Waals surface area (Å²) in [6, 6.07) is 10.7. The minimum atomic E-state index is 0.280. The minimum Gasteiger partial charge on any atom is -0.343 e. The Morgan fingerprint density at radius 1 is 1.09 bits per heavy atom. The summed E-state index contributed by atoms with van der Waals surface area (Å²) in [6.07, 6.45) is 7.84. The normalized spacial score (nSPS) is 15.9. The number of carbonyl (C=O) groups is 1. The molecule has 1 fully saturated rings. The maximum Gasteiger partial charge on any atom is 0.222 e. The smallest absolute Gasteiger partial charge is 0.222 e. The Labute approximate surface area is 130 Å². The van der Waals surface area contributed by atoms with Crippen LogP contribution in [-0.4, -0.2) is 38.9 Å². The van der Waals surface area contributed by atoms with Gasteiger partial charge in [0.15, 0.2) is 0 Å². The summed E-state index contributed by atoms with van der Waals surface area (Å²) in [7, 11) is 0. The Morgan fingerprint density at radius 3 is 2.45 bits per heavy atom. The quantitative estimate of drug-likeness (QED) is 0.852. The van der Waals surface area contributed by atoms with E-state index in [-0.39, 0.29) is 5.91 Å². The van der Waals surface area contributed by atoms with Crippen LogP contribution in [0.2, 0.25) is 0 Å². The Balaban J connectivity index is 1.40. The van der Waals surface area contributed by atoms with Crippen molar-refractivity contribution in [3.05, 3.63) is 48.3 Å². The first kappa shape index (κ1) is 14.8. The predicted octanol–water partition coefficient (Wildman–Crippen LogP) is 2.46. The Kier molecular flexibility index (Phi) is 4.83. The van der Waals surface area contributed by atoms with E-state index in [0.29, 0.717) is 12.5 Å². The van der Waals surface area contributed by atoms with Crippen LogP contribution in [0.25, 0.3) is 0 Å². The van der Waals surface area contributed by atoms with Gasteiger partial charge < -0.3 is 4.90 Å². The van der Waals surface area contributed by atoms with Crippen molar-refractivity contribution in [1.29, 1.82) is 0 Å². The third-order valence-corrected chi connectivity index (χ3v) is 4.28. The molecule has 0 spiro atoms. The molecule has 0 radical (unpaired) electrons. The molecule has 0 aliphatic carbocycles. The van der Waals surface area contributed by atoms with E-state index in [1.54, 1.807) is 17.2 Å². The molecule has 5 heteroatoms. The fourth-order valence-corrected chi connectivity index (χ4v) is 3.01. The number of carbonyl (C=O) groups excluding carboxylic acids is 1. The molecule has 22 heavy (non-hydrogen) atoms. The number of piperidine rings is 1. The average Bonchev–Trinajstić information content (AvgIpc) is 3.10. The van der Waals surface area contributed by atoms with Crippen LogP contribution in [0.1, 0.15) is 37.3 Å². The van der Waals surface area contributed by atoms with E-state index in [2.05, 4.69) is 22.3 Å². The molecule has 0 bridgehead atoms. The summed E-state index contributed by atoms with van der Waals surface area (Å²) >= 11 is 0. The van der Waals surface area contributed by atoms with Crippen molar-refractivity contribution < 1.29 is 4.79 Å². The largest absolute Gasteiger partial charge is 0.343 e. The molecule has 1 aromatic heterocycles. The van der Waals surface area contributed by atoms with Crippen LogP contribution in [0.3, 0.4) is 0 Å². The molecule has 116 valence electrons. The molecule has 1 aliphatic rings. The van der Waals surface area contributed by atoms with Crippen LogP contribution in [0.5, 0.6) is 0 Å². The molecule has 2 aromatic rings. The third-order valence-electron chi connectivity index (χ3n) is 4.28. The van der Waals surface area contributed by atoms with Gasteiger partial charge in [0.25, 0.3) is 0 Å². The second kappa shape index (κ2) is 7.20. The lowest BCUT2D eigenvalue weighted by atomic mass is 10.0. The van der Waals surface area contributed by atoms with E-state index < -0.39 is 0 Å². The highest BCUT2D eigenvalue weighted by molar-refractivity contribution is 5.76. The Morgan fingerprint density at radius 2 is 1.77 bits per heavy atom. The van der Waals surface area contributed by atoms with E-state index in [0.717, 1.165) is 38.8 Å². The first-order valence-corrected chi connectivity index (χ1v) is 8.00. The van der Waals surface area contributed by atoms with Gasteiger partial charge in [-0.25, -0.2) is 0 Å². The van der Waals surface area contributed by atoms with E-state index in [1.807, 2.05) is 23.1 Å². The number of aromatic nitrogens is 3. The number of benzene rings is 1. The van der Waals surface area contributed by atoms with Crippen molar-refractivity contribution in [2.75, 3.05) is 13.1 Å². The first-order chi connectivity index (χ1) is 10.8. The molecule has 1 saturated heterocycles. The maximum absolute atomic E-state index is 12.3. The number of hydrogen-bond acceptors (Lipinski definition) is 3. The highest BCUT2D eigenvalue weighted by Crippen LogP contribution is 2.21. The van der Waals surface area contributed by atoms with Crippen molar-refractivity contribution in [3.63, 3.8) is 0 Å². The standard InChI is InChI=1S/C17H22N4O/c22-17(8-4-7-15-5-2-1-3-6-15)20-13-9-16(10-14-20)21-18-11-12-19-21/h1-3,5-6,11-12,16H,4,7-10,13-14H2. The molecule has 1 aliphatic heterocycles. The molecular weight excluding hydrogens is 276 g/mol. The van der Waals surface area contributed by atoms with E-state index in [4.69, 9.17) is 0 Å². The van der Waals surface area contributed by atoms with Gasteiger partial charge in [0, 0.05) is 19.5 Å². The fraction of sp³-hybridized carbons (Fsp3) is 0.471. The van der Waals surface area contributed by atoms with Gasteiger partial charge in [-0.05, 0) is 31.2 Å².